The molecule has 0 radical (unpaired) electrons. The first-order valence-electron chi connectivity index (χ1n) is 11.1. The van der Waals surface area contributed by atoms with Gasteiger partial charge >= 0.3 is 0 Å². The van der Waals surface area contributed by atoms with Gasteiger partial charge in [-0.3, -0.25) is 9.68 Å². The molecule has 0 spiro atoms. The summed E-state index contributed by atoms with van der Waals surface area (Å²) in [5.74, 6) is 1.81. The summed E-state index contributed by atoms with van der Waals surface area (Å²) in [5.41, 5.74) is -0.689. The molecule has 2 aliphatic heterocycles. The fourth-order valence-electron chi connectivity index (χ4n) is 5.56. The van der Waals surface area contributed by atoms with Crippen LogP contribution in [0.4, 0.5) is 0 Å². The highest BCUT2D eigenvalue weighted by molar-refractivity contribution is 8.76. The minimum atomic E-state index is -0.266. The van der Waals surface area contributed by atoms with Crippen LogP contribution in [0.3, 0.4) is 0 Å². The summed E-state index contributed by atoms with van der Waals surface area (Å²) in [5, 5.41) is 24.5. The normalized spacial score (nSPS) is 27.4. The summed E-state index contributed by atoms with van der Waals surface area (Å²) in [6, 6.07) is 0. The third kappa shape index (κ3) is 6.98. The third-order valence-corrected chi connectivity index (χ3v) is 8.33. The summed E-state index contributed by atoms with van der Waals surface area (Å²) in [4.78, 5) is 12.3. The minimum Gasteiger partial charge on any atom is -0.393 e. The second-order valence-corrected chi connectivity index (χ2v) is 14.0. The van der Waals surface area contributed by atoms with Crippen molar-refractivity contribution in [3.05, 3.63) is 0 Å². The van der Waals surface area contributed by atoms with E-state index in [4.69, 9.17) is 9.68 Å². The quantitative estimate of drug-likeness (QED) is 0.388. The minimum absolute atomic E-state index is 0.172. The fraction of sp³-hybridized carbons (Fsp3) is 1.00. The van der Waals surface area contributed by atoms with Crippen LogP contribution in [-0.2, 0) is 9.68 Å². The molecular weight excluding hydrogens is 420 g/mol. The lowest BCUT2D eigenvalue weighted by molar-refractivity contribution is -0.289. The van der Waals surface area contributed by atoms with Crippen LogP contribution >= 0.6 is 21.6 Å². The van der Waals surface area contributed by atoms with Crippen molar-refractivity contribution >= 4 is 21.6 Å². The number of hydrogen-bond donors (Lipinski definition) is 2. The van der Waals surface area contributed by atoms with Gasteiger partial charge in [-0.05, 0) is 81.1 Å². The second-order valence-electron chi connectivity index (χ2n) is 11.3. The third-order valence-electron chi connectivity index (χ3n) is 6.00. The van der Waals surface area contributed by atoms with E-state index < -0.39 is 0 Å². The maximum atomic E-state index is 10.1. The molecule has 0 saturated carbocycles. The van der Waals surface area contributed by atoms with Crippen molar-refractivity contribution in [2.45, 2.75) is 115 Å². The van der Waals surface area contributed by atoms with Gasteiger partial charge in [0.05, 0.1) is 25.4 Å². The van der Waals surface area contributed by atoms with Gasteiger partial charge in [-0.1, -0.05) is 21.6 Å². The van der Waals surface area contributed by atoms with E-state index in [1.165, 1.54) is 0 Å². The lowest BCUT2D eigenvalue weighted by Gasteiger charge is -2.52. The Bertz CT molecular complexity index is 473. The molecule has 2 rings (SSSR count). The second kappa shape index (κ2) is 10.2. The van der Waals surface area contributed by atoms with Crippen LogP contribution in [0.2, 0.25) is 0 Å². The zero-order valence-corrected chi connectivity index (χ0v) is 21.9. The van der Waals surface area contributed by atoms with E-state index in [1.54, 1.807) is 21.6 Å². The molecule has 8 heteroatoms. The van der Waals surface area contributed by atoms with E-state index in [2.05, 4.69) is 65.5 Å². The first-order chi connectivity index (χ1) is 13.7. The Balaban J connectivity index is 1.66. The zero-order chi connectivity index (χ0) is 22.8. The van der Waals surface area contributed by atoms with Crippen molar-refractivity contribution in [1.82, 2.24) is 10.1 Å². The average molecular weight is 465 g/mol. The predicted octanol–water partition coefficient (Wildman–Crippen LogP) is 4.26. The van der Waals surface area contributed by atoms with E-state index in [0.29, 0.717) is 13.2 Å². The zero-order valence-electron chi connectivity index (χ0n) is 20.2. The Morgan fingerprint density at radius 3 is 1.17 bits per heavy atom. The monoisotopic (exact) mass is 464 g/mol. The van der Waals surface area contributed by atoms with Crippen molar-refractivity contribution in [2.24, 2.45) is 0 Å². The van der Waals surface area contributed by atoms with Crippen LogP contribution in [0.1, 0.15) is 81.1 Å². The molecule has 0 aromatic heterocycles. The highest BCUT2D eigenvalue weighted by Crippen LogP contribution is 2.40. The number of hydroxylamine groups is 4. The number of piperidine rings is 2. The van der Waals surface area contributed by atoms with Gasteiger partial charge < -0.3 is 10.2 Å². The topological polar surface area (TPSA) is 65.4 Å². The number of hydrogen-bond acceptors (Lipinski definition) is 8. The summed E-state index contributed by atoms with van der Waals surface area (Å²) in [6.45, 7) is 18.4. The van der Waals surface area contributed by atoms with Gasteiger partial charge in [0.15, 0.2) is 0 Å². The molecule has 0 amide bonds. The fourth-order valence-corrected chi connectivity index (χ4v) is 7.20. The molecule has 0 aromatic rings. The molecule has 0 unspecified atom stereocenters. The Morgan fingerprint density at radius 2 is 0.900 bits per heavy atom. The van der Waals surface area contributed by atoms with Gasteiger partial charge in [-0.2, -0.15) is 10.1 Å². The molecule has 6 nitrogen and oxygen atoms in total. The van der Waals surface area contributed by atoms with Crippen molar-refractivity contribution in [3.63, 3.8) is 0 Å². The number of nitrogens with zero attached hydrogens (tertiary/aromatic N) is 2. The predicted molar refractivity (Wildman–Crippen MR) is 127 cm³/mol. The molecule has 2 fully saturated rings. The smallest absolute Gasteiger partial charge is 0.0784 e. The summed E-state index contributed by atoms with van der Waals surface area (Å²) < 4.78 is 0. The standard InChI is InChI=1S/C22H44N2O4S2/c1-19(2)13-17(25)14-20(3,4)23(19)27-9-11-29-30-12-10-28-24-21(5,6)15-18(26)16-22(24,7)8/h17-18,25-26H,9-16H2,1-8H3. The number of aliphatic hydroxyl groups is 2. The Morgan fingerprint density at radius 1 is 0.633 bits per heavy atom. The lowest BCUT2D eigenvalue weighted by Crippen LogP contribution is -2.61. The Hall–Kier alpha value is 0.460. The molecule has 2 aliphatic rings. The first kappa shape index (κ1) is 26.7. The molecule has 0 aromatic carbocycles. The molecule has 0 aliphatic carbocycles. The van der Waals surface area contributed by atoms with Gasteiger partial charge in [-0.15, -0.1) is 0 Å². The average Bonchev–Trinajstić information content (AvgIpc) is 2.50. The molecule has 178 valence electrons. The lowest BCUT2D eigenvalue weighted by atomic mass is 9.80. The molecule has 2 saturated heterocycles. The molecule has 2 N–H and O–H groups in total. The van der Waals surface area contributed by atoms with Gasteiger partial charge in [0, 0.05) is 33.7 Å². The van der Waals surface area contributed by atoms with Crippen LogP contribution in [0.15, 0.2) is 0 Å². The number of aliphatic hydroxyl groups excluding tert-OH is 2. The molecule has 30 heavy (non-hydrogen) atoms. The maximum Gasteiger partial charge on any atom is 0.0784 e. The van der Waals surface area contributed by atoms with Gasteiger partial charge in [0.2, 0.25) is 0 Å². The largest absolute Gasteiger partial charge is 0.393 e. The van der Waals surface area contributed by atoms with Crippen LogP contribution in [0, 0.1) is 0 Å². The molecule has 0 atom stereocenters. The van der Waals surface area contributed by atoms with Crippen LogP contribution in [0.5, 0.6) is 0 Å². The summed E-state index contributed by atoms with van der Waals surface area (Å²) in [6.07, 6.45) is 2.40. The van der Waals surface area contributed by atoms with Crippen LogP contribution in [-0.4, -0.2) is 79.4 Å². The van der Waals surface area contributed by atoms with E-state index in [-0.39, 0.29) is 34.4 Å². The summed E-state index contributed by atoms with van der Waals surface area (Å²) >= 11 is 0. The van der Waals surface area contributed by atoms with Crippen LogP contribution < -0.4 is 0 Å². The van der Waals surface area contributed by atoms with E-state index in [1.807, 2.05) is 0 Å². The van der Waals surface area contributed by atoms with E-state index in [9.17, 15) is 10.2 Å². The first-order valence-corrected chi connectivity index (χ1v) is 13.6. The van der Waals surface area contributed by atoms with Crippen molar-refractivity contribution in [2.75, 3.05) is 24.7 Å². The van der Waals surface area contributed by atoms with Crippen molar-refractivity contribution < 1.29 is 19.9 Å². The molecular formula is C22H44N2O4S2. The van der Waals surface area contributed by atoms with Gasteiger partial charge in [-0.25, -0.2) is 0 Å². The molecule has 2 heterocycles. The Kier molecular flexibility index (Phi) is 9.05. The van der Waals surface area contributed by atoms with E-state index >= 15 is 0 Å². The molecule has 0 bridgehead atoms. The SMILES string of the molecule is CC1(C)CC(O)CC(C)(C)N1OCCSSCCON1C(C)(C)CC(O)CC1(C)C. The van der Waals surface area contributed by atoms with E-state index in [0.717, 1.165) is 37.2 Å². The van der Waals surface area contributed by atoms with Crippen molar-refractivity contribution in [1.29, 1.82) is 0 Å². The summed E-state index contributed by atoms with van der Waals surface area (Å²) in [7, 11) is 3.61. The highest BCUT2D eigenvalue weighted by Gasteiger charge is 2.47. The highest BCUT2D eigenvalue weighted by atomic mass is 33.1. The number of rotatable bonds is 9. The van der Waals surface area contributed by atoms with Gasteiger partial charge in [0.1, 0.15) is 0 Å². The maximum absolute atomic E-state index is 10.1. The Labute approximate surface area is 191 Å². The van der Waals surface area contributed by atoms with Gasteiger partial charge in [0.25, 0.3) is 0 Å². The van der Waals surface area contributed by atoms with Crippen molar-refractivity contribution in [3.8, 4) is 0 Å². The van der Waals surface area contributed by atoms with Crippen LogP contribution in [0.25, 0.3) is 0 Å².